The van der Waals surface area contributed by atoms with Gasteiger partial charge in [0.25, 0.3) is 5.56 Å². The number of nitrogens with two attached hydrogens (primary N) is 1. The Bertz CT molecular complexity index is 1850. The van der Waals surface area contributed by atoms with Crippen molar-refractivity contribution in [1.29, 1.82) is 0 Å². The lowest BCUT2D eigenvalue weighted by molar-refractivity contribution is -0.169. The van der Waals surface area contributed by atoms with Gasteiger partial charge in [-0.25, -0.2) is 19.2 Å². The molecule has 3 aliphatic rings. The molecular weight excluding hydrogens is 529 g/mol. The molecule has 4 aromatic rings. The number of hydrogen-bond donors (Lipinski definition) is 3. The molecule has 11 heteroatoms. The number of nitrogen functional groups attached to an aromatic ring is 1. The SMILES string of the molecule is CNC1CCc2c(C)c(F)cc3nc4c(c1c23)Cn1c-4cc2c(c1=O)COC(=O)C2(C)O.Nc1cccc(C=O)n1. The van der Waals surface area contributed by atoms with E-state index in [9.17, 15) is 23.9 Å². The summed E-state index contributed by atoms with van der Waals surface area (Å²) in [6, 6.07) is 8.10. The summed E-state index contributed by atoms with van der Waals surface area (Å²) in [5.41, 5.74) is 9.21. The van der Waals surface area contributed by atoms with Crippen molar-refractivity contribution >= 4 is 29.0 Å². The monoisotopic (exact) mass is 557 g/mol. The second-order valence-corrected chi connectivity index (χ2v) is 10.7. The number of fused-ring (bicyclic) bond motifs is 5. The summed E-state index contributed by atoms with van der Waals surface area (Å²) >= 11 is 0. The van der Waals surface area contributed by atoms with E-state index < -0.39 is 11.6 Å². The van der Waals surface area contributed by atoms with Crippen molar-refractivity contribution in [2.24, 2.45) is 0 Å². The van der Waals surface area contributed by atoms with Gasteiger partial charge in [0, 0.05) is 28.6 Å². The van der Waals surface area contributed by atoms with Crippen LogP contribution in [0, 0.1) is 12.7 Å². The van der Waals surface area contributed by atoms with Crippen LogP contribution in [0.1, 0.15) is 63.3 Å². The van der Waals surface area contributed by atoms with Crippen LogP contribution in [0.25, 0.3) is 22.3 Å². The zero-order chi connectivity index (χ0) is 29.2. The van der Waals surface area contributed by atoms with Crippen molar-refractivity contribution in [2.45, 2.75) is 51.5 Å². The highest BCUT2D eigenvalue weighted by Crippen LogP contribution is 2.45. The molecule has 0 radical (unpaired) electrons. The number of benzene rings is 1. The van der Waals surface area contributed by atoms with Gasteiger partial charge in [-0.2, -0.15) is 0 Å². The molecule has 41 heavy (non-hydrogen) atoms. The summed E-state index contributed by atoms with van der Waals surface area (Å²) < 4.78 is 21.4. The normalized spacial score (nSPS) is 19.9. The van der Waals surface area contributed by atoms with Crippen LogP contribution in [0.3, 0.4) is 0 Å². The van der Waals surface area contributed by atoms with Gasteiger partial charge in [0.1, 0.15) is 23.9 Å². The molecule has 1 aliphatic carbocycles. The highest BCUT2D eigenvalue weighted by Gasteiger charge is 2.43. The number of halogens is 1. The lowest BCUT2D eigenvalue weighted by Crippen LogP contribution is -2.42. The van der Waals surface area contributed by atoms with Crippen LogP contribution in [-0.2, 0) is 34.7 Å². The summed E-state index contributed by atoms with van der Waals surface area (Å²) in [5.74, 6) is -0.702. The quantitative estimate of drug-likeness (QED) is 0.220. The Morgan fingerprint density at radius 3 is 2.68 bits per heavy atom. The van der Waals surface area contributed by atoms with E-state index in [0.717, 1.165) is 34.9 Å². The standard InChI is InChI=1S/C24H22FN3O4.C6H6N2O/c1-10-11-4-5-16(26-3)20-12-8-28-18(21(12)27-17(19(11)20)7-15(10)25)6-14-13(22(28)29)9-32-23(30)24(14,2)31;7-6-3-1-2-5(4-9)8-6/h6-7,16,26,31H,4-5,8-9H2,1-3H3;1-4H,(H2,7,8). The molecule has 3 aromatic heterocycles. The molecule has 210 valence electrons. The van der Waals surface area contributed by atoms with Crippen LogP contribution in [-0.4, -0.2) is 38.9 Å². The fourth-order valence-electron chi connectivity index (χ4n) is 6.13. The van der Waals surface area contributed by atoms with E-state index in [1.807, 2.05) is 7.05 Å². The number of cyclic esters (lactones) is 1. The molecular formula is C30H28FN5O5. The van der Waals surface area contributed by atoms with E-state index >= 15 is 0 Å². The number of ether oxygens (including phenoxy) is 1. The Morgan fingerprint density at radius 2 is 2.00 bits per heavy atom. The number of rotatable bonds is 2. The van der Waals surface area contributed by atoms with Crippen LogP contribution in [0.15, 0.2) is 35.1 Å². The number of carbonyl (C=O) groups is 2. The van der Waals surface area contributed by atoms with Crippen molar-refractivity contribution in [3.8, 4) is 11.4 Å². The third kappa shape index (κ3) is 4.03. The minimum absolute atomic E-state index is 0.0549. The zero-order valence-corrected chi connectivity index (χ0v) is 22.7. The molecule has 5 heterocycles. The molecule has 2 aliphatic heterocycles. The minimum Gasteiger partial charge on any atom is -0.458 e. The molecule has 0 fully saturated rings. The lowest BCUT2D eigenvalue weighted by Gasteiger charge is -2.29. The number of nitrogens with zero attached hydrogens (tertiary/aromatic N) is 3. The van der Waals surface area contributed by atoms with Gasteiger partial charge in [-0.05, 0) is 68.6 Å². The summed E-state index contributed by atoms with van der Waals surface area (Å²) in [7, 11) is 1.90. The molecule has 0 saturated carbocycles. The molecule has 2 unspecified atom stereocenters. The molecule has 4 N–H and O–H groups in total. The van der Waals surface area contributed by atoms with E-state index in [1.165, 1.54) is 13.0 Å². The van der Waals surface area contributed by atoms with Crippen molar-refractivity contribution in [3.05, 3.63) is 85.6 Å². The number of aryl methyl sites for hydroxylation is 1. The van der Waals surface area contributed by atoms with Crippen LogP contribution in [0.5, 0.6) is 0 Å². The average Bonchev–Trinajstić information content (AvgIpc) is 3.33. The number of pyridine rings is 3. The number of aldehydes is 1. The second-order valence-electron chi connectivity index (χ2n) is 10.7. The first-order valence-electron chi connectivity index (χ1n) is 13.2. The Balaban J connectivity index is 0.000000289. The number of aromatic nitrogens is 3. The zero-order valence-electron chi connectivity index (χ0n) is 22.7. The van der Waals surface area contributed by atoms with Crippen molar-refractivity contribution in [2.75, 3.05) is 12.8 Å². The van der Waals surface area contributed by atoms with Gasteiger partial charge >= 0.3 is 5.97 Å². The van der Waals surface area contributed by atoms with Crippen LogP contribution < -0.4 is 16.6 Å². The molecule has 0 spiro atoms. The van der Waals surface area contributed by atoms with Gasteiger partial charge < -0.3 is 25.5 Å². The van der Waals surface area contributed by atoms with Gasteiger partial charge in [0.2, 0.25) is 0 Å². The van der Waals surface area contributed by atoms with E-state index in [2.05, 4.69) is 10.3 Å². The first-order valence-corrected chi connectivity index (χ1v) is 13.2. The third-order valence-electron chi connectivity index (χ3n) is 8.27. The highest BCUT2D eigenvalue weighted by molar-refractivity contribution is 5.93. The van der Waals surface area contributed by atoms with Gasteiger partial charge in [-0.1, -0.05) is 6.07 Å². The average molecular weight is 558 g/mol. The predicted octanol–water partition coefficient (Wildman–Crippen LogP) is 2.82. The number of esters is 1. The number of anilines is 1. The summed E-state index contributed by atoms with van der Waals surface area (Å²) in [6.45, 7) is 3.29. The fraction of sp³-hybridized carbons (Fsp3) is 0.300. The van der Waals surface area contributed by atoms with Gasteiger partial charge in [-0.3, -0.25) is 9.59 Å². The number of hydrogen-bond acceptors (Lipinski definition) is 9. The predicted molar refractivity (Wildman–Crippen MR) is 149 cm³/mol. The molecule has 0 saturated heterocycles. The number of carbonyl (C=O) groups excluding carboxylic acids is 2. The van der Waals surface area contributed by atoms with E-state index in [-0.39, 0.29) is 35.2 Å². The lowest BCUT2D eigenvalue weighted by atomic mass is 9.82. The van der Waals surface area contributed by atoms with Gasteiger partial charge in [-0.15, -0.1) is 0 Å². The molecule has 0 bridgehead atoms. The summed E-state index contributed by atoms with van der Waals surface area (Å²) in [4.78, 5) is 44.1. The maximum atomic E-state index is 14.7. The molecule has 2 atom stereocenters. The van der Waals surface area contributed by atoms with Crippen LogP contribution in [0.2, 0.25) is 0 Å². The molecule has 10 nitrogen and oxygen atoms in total. The minimum atomic E-state index is -1.92. The largest absolute Gasteiger partial charge is 0.458 e. The Hall–Kier alpha value is -4.48. The fourth-order valence-corrected chi connectivity index (χ4v) is 6.13. The van der Waals surface area contributed by atoms with Gasteiger partial charge in [0.15, 0.2) is 11.9 Å². The smallest absolute Gasteiger partial charge is 0.342 e. The summed E-state index contributed by atoms with van der Waals surface area (Å²) in [6.07, 6.45) is 2.23. The Kier molecular flexibility index (Phi) is 6.24. The number of nitrogens with one attached hydrogen (secondary N) is 1. The first kappa shape index (κ1) is 26.7. The van der Waals surface area contributed by atoms with E-state index in [4.69, 9.17) is 15.5 Å². The topological polar surface area (TPSA) is 149 Å². The van der Waals surface area contributed by atoms with Crippen molar-refractivity contribution in [1.82, 2.24) is 19.9 Å². The van der Waals surface area contributed by atoms with Crippen molar-refractivity contribution in [3.63, 3.8) is 0 Å². The molecule has 1 aromatic carbocycles. The maximum absolute atomic E-state index is 14.7. The first-order chi connectivity index (χ1) is 19.6. The highest BCUT2D eigenvalue weighted by atomic mass is 19.1. The Labute approximate surface area is 234 Å². The van der Waals surface area contributed by atoms with E-state index in [0.29, 0.717) is 46.8 Å². The number of aliphatic hydroxyl groups is 1. The second kappa shape index (κ2) is 9.57. The molecule has 7 rings (SSSR count). The van der Waals surface area contributed by atoms with E-state index in [1.54, 1.807) is 35.8 Å². The summed E-state index contributed by atoms with van der Waals surface area (Å²) in [5, 5.41) is 15.1. The molecule has 0 amide bonds. The van der Waals surface area contributed by atoms with Crippen LogP contribution >= 0.6 is 0 Å². The van der Waals surface area contributed by atoms with Gasteiger partial charge in [0.05, 0.1) is 29.0 Å². The third-order valence-corrected chi connectivity index (χ3v) is 8.27. The Morgan fingerprint density at radius 1 is 1.22 bits per heavy atom. The van der Waals surface area contributed by atoms with Crippen molar-refractivity contribution < 1.29 is 23.8 Å². The maximum Gasteiger partial charge on any atom is 0.342 e. The van der Waals surface area contributed by atoms with Crippen LogP contribution in [0.4, 0.5) is 10.2 Å².